The normalized spacial score (nSPS) is 14.2. The zero-order valence-corrected chi connectivity index (χ0v) is 18.5. The average Bonchev–Trinajstić information content (AvgIpc) is 2.68. The van der Waals surface area contributed by atoms with Crippen molar-refractivity contribution in [3.05, 3.63) is 42.0 Å². The Bertz CT molecular complexity index is 1190. The molecule has 30 heavy (non-hydrogen) atoms. The van der Waals surface area contributed by atoms with Gasteiger partial charge in [-0.2, -0.15) is 0 Å². The standard InChI is InChI=1S/C19H24N4O5S2/c1-4-20-17-9-7-15(30(27,28)23(2)3)12-18(17)22-29(25,26)14-6-8-16-13(11-14)5-10-19(24)21-16/h6-9,11-12,20,22H,4-5,10H2,1-3H3,(H,21,24). The van der Waals surface area contributed by atoms with E-state index < -0.39 is 20.0 Å². The smallest absolute Gasteiger partial charge is 0.261 e. The Kier molecular flexibility index (Phi) is 6.06. The maximum atomic E-state index is 13.0. The predicted octanol–water partition coefficient (Wildman–Crippen LogP) is 2.05. The molecule has 1 amide bonds. The summed E-state index contributed by atoms with van der Waals surface area (Å²) in [6.07, 6.45) is 0.739. The molecule has 0 atom stereocenters. The molecule has 0 bridgehead atoms. The van der Waals surface area contributed by atoms with E-state index in [4.69, 9.17) is 0 Å². The molecule has 1 aliphatic heterocycles. The van der Waals surface area contributed by atoms with Gasteiger partial charge in [-0.15, -0.1) is 0 Å². The van der Waals surface area contributed by atoms with Crippen molar-refractivity contribution < 1.29 is 21.6 Å². The lowest BCUT2D eigenvalue weighted by molar-refractivity contribution is -0.116. The SMILES string of the molecule is CCNc1ccc(S(=O)(=O)N(C)C)cc1NS(=O)(=O)c1ccc2c(c1)CCC(=O)N2. The third-order valence-corrected chi connectivity index (χ3v) is 7.84. The third-order valence-electron chi connectivity index (χ3n) is 4.66. The summed E-state index contributed by atoms with van der Waals surface area (Å²) in [6, 6.07) is 8.72. The summed E-state index contributed by atoms with van der Waals surface area (Å²) in [5.41, 5.74) is 1.92. The van der Waals surface area contributed by atoms with Gasteiger partial charge in [-0.1, -0.05) is 0 Å². The highest BCUT2D eigenvalue weighted by Crippen LogP contribution is 2.30. The predicted molar refractivity (Wildman–Crippen MR) is 116 cm³/mol. The second-order valence-electron chi connectivity index (χ2n) is 7.00. The molecule has 3 rings (SSSR count). The maximum Gasteiger partial charge on any atom is 0.261 e. The van der Waals surface area contributed by atoms with E-state index in [1.54, 1.807) is 6.07 Å². The molecule has 1 heterocycles. The Balaban J connectivity index is 2.00. The van der Waals surface area contributed by atoms with E-state index in [0.717, 1.165) is 9.87 Å². The Labute approximate surface area is 176 Å². The van der Waals surface area contributed by atoms with Gasteiger partial charge in [-0.05, 0) is 55.3 Å². The van der Waals surface area contributed by atoms with E-state index in [2.05, 4.69) is 15.4 Å². The summed E-state index contributed by atoms with van der Waals surface area (Å²) in [5.74, 6) is -0.106. The van der Waals surface area contributed by atoms with Gasteiger partial charge in [0.15, 0.2) is 0 Å². The van der Waals surface area contributed by atoms with Crippen LogP contribution in [0.2, 0.25) is 0 Å². The van der Waals surface area contributed by atoms with Gasteiger partial charge in [0.2, 0.25) is 15.9 Å². The van der Waals surface area contributed by atoms with Crippen molar-refractivity contribution >= 4 is 43.0 Å². The average molecular weight is 453 g/mol. The molecule has 3 N–H and O–H groups in total. The first-order valence-corrected chi connectivity index (χ1v) is 12.2. The number of carbonyl (C=O) groups is 1. The van der Waals surface area contributed by atoms with Crippen LogP contribution >= 0.6 is 0 Å². The van der Waals surface area contributed by atoms with Crippen LogP contribution in [0, 0.1) is 0 Å². The first kappa shape index (κ1) is 22.1. The largest absolute Gasteiger partial charge is 0.384 e. The molecular weight excluding hydrogens is 428 g/mol. The van der Waals surface area contributed by atoms with E-state index in [-0.39, 0.29) is 21.4 Å². The fourth-order valence-corrected chi connectivity index (χ4v) is 5.10. The lowest BCUT2D eigenvalue weighted by Crippen LogP contribution is -2.23. The molecule has 0 radical (unpaired) electrons. The number of fused-ring (bicyclic) bond motifs is 1. The van der Waals surface area contributed by atoms with Crippen LogP contribution < -0.4 is 15.4 Å². The van der Waals surface area contributed by atoms with E-state index >= 15 is 0 Å². The number of nitrogens with zero attached hydrogens (tertiary/aromatic N) is 1. The van der Waals surface area contributed by atoms with Crippen molar-refractivity contribution in [2.75, 3.05) is 36.0 Å². The van der Waals surface area contributed by atoms with Crippen LogP contribution in [0.3, 0.4) is 0 Å². The molecule has 2 aromatic rings. The summed E-state index contributed by atoms with van der Waals surface area (Å²) >= 11 is 0. The highest BCUT2D eigenvalue weighted by Gasteiger charge is 2.23. The van der Waals surface area contributed by atoms with E-state index in [0.29, 0.717) is 30.8 Å². The Morgan fingerprint density at radius 2 is 1.67 bits per heavy atom. The fourth-order valence-electron chi connectivity index (χ4n) is 3.05. The molecule has 0 unspecified atom stereocenters. The number of benzene rings is 2. The molecule has 9 nitrogen and oxygen atoms in total. The number of hydrogen-bond acceptors (Lipinski definition) is 6. The molecule has 0 aliphatic carbocycles. The summed E-state index contributed by atoms with van der Waals surface area (Å²) in [4.78, 5) is 11.5. The molecule has 0 saturated carbocycles. The zero-order valence-electron chi connectivity index (χ0n) is 16.9. The number of aryl methyl sites for hydroxylation is 1. The van der Waals surface area contributed by atoms with Gasteiger partial charge in [-0.3, -0.25) is 9.52 Å². The van der Waals surface area contributed by atoms with Crippen LogP contribution in [0.15, 0.2) is 46.2 Å². The van der Waals surface area contributed by atoms with E-state index in [1.165, 1.54) is 44.4 Å². The molecule has 2 aromatic carbocycles. The molecule has 162 valence electrons. The van der Waals surface area contributed by atoms with E-state index in [9.17, 15) is 21.6 Å². The van der Waals surface area contributed by atoms with Gasteiger partial charge < -0.3 is 10.6 Å². The van der Waals surface area contributed by atoms with Crippen LogP contribution in [0.5, 0.6) is 0 Å². The number of amides is 1. The molecule has 11 heteroatoms. The number of nitrogens with one attached hydrogen (secondary N) is 3. The molecule has 0 saturated heterocycles. The number of sulfonamides is 2. The Hall–Kier alpha value is -2.63. The first-order chi connectivity index (χ1) is 14.0. The highest BCUT2D eigenvalue weighted by molar-refractivity contribution is 7.92. The third kappa shape index (κ3) is 4.42. The Morgan fingerprint density at radius 3 is 2.33 bits per heavy atom. The van der Waals surface area contributed by atoms with Crippen molar-refractivity contribution in [3.8, 4) is 0 Å². The van der Waals surface area contributed by atoms with Crippen LogP contribution in [0.25, 0.3) is 0 Å². The number of anilines is 3. The lowest BCUT2D eigenvalue weighted by Gasteiger charge is -2.19. The molecule has 0 spiro atoms. The molecule has 0 fully saturated rings. The second kappa shape index (κ2) is 8.25. The summed E-state index contributed by atoms with van der Waals surface area (Å²) in [6.45, 7) is 2.37. The van der Waals surface area contributed by atoms with Crippen molar-refractivity contribution in [3.63, 3.8) is 0 Å². The summed E-state index contributed by atoms with van der Waals surface area (Å²) in [7, 11) is -4.92. The molecule has 0 aromatic heterocycles. The lowest BCUT2D eigenvalue weighted by atomic mass is 10.0. The van der Waals surface area contributed by atoms with Gasteiger partial charge in [-0.25, -0.2) is 21.1 Å². The number of hydrogen-bond donors (Lipinski definition) is 3. The van der Waals surface area contributed by atoms with Crippen LogP contribution in [-0.2, 0) is 31.3 Å². The van der Waals surface area contributed by atoms with Gasteiger partial charge in [0.25, 0.3) is 10.0 Å². The minimum atomic E-state index is -3.99. The number of carbonyl (C=O) groups excluding carboxylic acids is 1. The van der Waals surface area contributed by atoms with Crippen LogP contribution in [-0.4, -0.2) is 47.7 Å². The minimum Gasteiger partial charge on any atom is -0.384 e. The first-order valence-electron chi connectivity index (χ1n) is 9.30. The van der Waals surface area contributed by atoms with Gasteiger partial charge in [0, 0.05) is 32.7 Å². The van der Waals surface area contributed by atoms with Gasteiger partial charge in [0.1, 0.15) is 0 Å². The van der Waals surface area contributed by atoms with Gasteiger partial charge >= 0.3 is 0 Å². The molecular formula is C19H24N4O5S2. The quantitative estimate of drug-likeness (QED) is 0.591. The topological polar surface area (TPSA) is 125 Å². The van der Waals surface area contributed by atoms with Crippen molar-refractivity contribution in [1.82, 2.24) is 4.31 Å². The van der Waals surface area contributed by atoms with Crippen molar-refractivity contribution in [1.29, 1.82) is 0 Å². The van der Waals surface area contributed by atoms with Crippen molar-refractivity contribution in [2.24, 2.45) is 0 Å². The monoisotopic (exact) mass is 452 g/mol. The number of rotatable bonds is 7. The minimum absolute atomic E-state index is 0.0278. The van der Waals surface area contributed by atoms with Gasteiger partial charge in [0.05, 0.1) is 21.2 Å². The second-order valence-corrected chi connectivity index (χ2v) is 10.8. The van der Waals surface area contributed by atoms with Crippen molar-refractivity contribution in [2.45, 2.75) is 29.6 Å². The van der Waals surface area contributed by atoms with E-state index in [1.807, 2.05) is 6.92 Å². The zero-order chi connectivity index (χ0) is 22.1. The summed E-state index contributed by atoms with van der Waals surface area (Å²) < 4.78 is 54.5. The molecule has 1 aliphatic rings. The summed E-state index contributed by atoms with van der Waals surface area (Å²) in [5, 5.41) is 5.74. The van der Waals surface area contributed by atoms with Crippen LogP contribution in [0.1, 0.15) is 18.9 Å². The highest BCUT2D eigenvalue weighted by atomic mass is 32.2. The maximum absolute atomic E-state index is 13.0. The van der Waals surface area contributed by atoms with Crippen LogP contribution in [0.4, 0.5) is 17.1 Å². The fraction of sp³-hybridized carbons (Fsp3) is 0.316. The Morgan fingerprint density at radius 1 is 0.967 bits per heavy atom.